The molecular formula is C20H20Br2. The lowest BCUT2D eigenvalue weighted by Crippen LogP contribution is -1.85. The lowest BCUT2D eigenvalue weighted by Gasteiger charge is -2.03. The predicted molar refractivity (Wildman–Crippen MR) is 102 cm³/mol. The molecule has 0 heterocycles. The molecule has 2 aliphatic rings. The highest BCUT2D eigenvalue weighted by atomic mass is 79.9. The average molecular weight is 420 g/mol. The first-order valence-corrected chi connectivity index (χ1v) is 9.38. The van der Waals surface area contributed by atoms with Gasteiger partial charge in [0.15, 0.2) is 0 Å². The van der Waals surface area contributed by atoms with Crippen molar-refractivity contribution >= 4 is 37.4 Å². The Morgan fingerprint density at radius 2 is 1.59 bits per heavy atom. The molecule has 0 aliphatic heterocycles. The molecule has 0 aromatic heterocycles. The highest BCUT2D eigenvalue weighted by Crippen LogP contribution is 2.34. The highest BCUT2D eigenvalue weighted by Gasteiger charge is 2.17. The Hall–Kier alpha value is -0.860. The van der Waals surface area contributed by atoms with E-state index in [0.717, 1.165) is 16.8 Å². The summed E-state index contributed by atoms with van der Waals surface area (Å²) < 4.78 is 2.37. The summed E-state index contributed by atoms with van der Waals surface area (Å²) in [5.74, 6) is 0.766. The number of allylic oxidation sites excluding steroid dienone is 1. The van der Waals surface area contributed by atoms with Crippen molar-refractivity contribution in [3.63, 3.8) is 0 Å². The van der Waals surface area contributed by atoms with Crippen LogP contribution in [0.4, 0.5) is 0 Å². The second-order valence-electron chi connectivity index (χ2n) is 6.19. The smallest absolute Gasteiger partial charge is 0.0181 e. The van der Waals surface area contributed by atoms with E-state index < -0.39 is 0 Å². The molecule has 0 nitrogen and oxygen atoms in total. The Bertz CT molecular complexity index is 716. The predicted octanol–water partition coefficient (Wildman–Crippen LogP) is 6.91. The van der Waals surface area contributed by atoms with Crippen LogP contribution < -0.4 is 0 Å². The number of aryl methyl sites for hydroxylation is 2. The minimum atomic E-state index is 0.766. The molecule has 0 saturated heterocycles. The molecule has 2 heteroatoms. The van der Waals surface area contributed by atoms with Crippen molar-refractivity contribution in [2.45, 2.75) is 38.5 Å². The van der Waals surface area contributed by atoms with E-state index in [0.29, 0.717) is 0 Å². The third-order valence-corrected chi connectivity index (χ3v) is 5.62. The first-order chi connectivity index (χ1) is 10.5. The molecule has 0 saturated carbocycles. The molecule has 0 amide bonds. The molecule has 114 valence electrons. The monoisotopic (exact) mass is 418 g/mol. The van der Waals surface area contributed by atoms with Crippen LogP contribution in [0.25, 0.3) is 5.57 Å². The molecule has 2 aromatic rings. The molecule has 0 fully saturated rings. The zero-order valence-electron chi connectivity index (χ0n) is 12.8. The van der Waals surface area contributed by atoms with Crippen LogP contribution in [0.2, 0.25) is 0 Å². The Kier molecular flexibility index (Phi) is 4.89. The Morgan fingerprint density at radius 1 is 0.909 bits per heavy atom. The molecule has 2 aliphatic carbocycles. The van der Waals surface area contributed by atoms with Crippen molar-refractivity contribution in [1.82, 2.24) is 0 Å². The lowest BCUT2D eigenvalue weighted by atomic mass is 10.0. The van der Waals surface area contributed by atoms with Crippen LogP contribution in [0.1, 0.15) is 47.9 Å². The third kappa shape index (κ3) is 3.38. The second-order valence-corrected chi connectivity index (χ2v) is 8.02. The van der Waals surface area contributed by atoms with Crippen LogP contribution >= 0.6 is 31.9 Å². The number of hydrogen-bond acceptors (Lipinski definition) is 0. The minimum Gasteiger partial charge on any atom is -0.0952 e. The van der Waals surface area contributed by atoms with E-state index in [9.17, 15) is 0 Å². The van der Waals surface area contributed by atoms with E-state index in [1.54, 1.807) is 11.1 Å². The number of hydrogen-bond donors (Lipinski definition) is 0. The molecule has 0 radical (unpaired) electrons. The van der Waals surface area contributed by atoms with Gasteiger partial charge in [0.25, 0.3) is 0 Å². The molecule has 2 aromatic carbocycles. The zero-order valence-corrected chi connectivity index (χ0v) is 16.0. The Balaban J connectivity index is 0.000000131. The number of fused-ring (bicyclic) bond motifs is 2. The average Bonchev–Trinajstić information content (AvgIpc) is 3.04. The van der Waals surface area contributed by atoms with Gasteiger partial charge in [0, 0.05) is 8.95 Å². The standard InChI is InChI=1S/C10H11Br.C10H9Br/c2*1-7-2-3-8-4-5-9(11)6-10(7)8/h4-7H,2-3H2,1H3;4-6H,1-3H2. The van der Waals surface area contributed by atoms with Gasteiger partial charge in [-0.25, -0.2) is 0 Å². The molecule has 1 atom stereocenters. The maximum atomic E-state index is 4.02. The van der Waals surface area contributed by atoms with Gasteiger partial charge in [-0.1, -0.05) is 57.5 Å². The summed E-state index contributed by atoms with van der Waals surface area (Å²) in [5.41, 5.74) is 7.15. The van der Waals surface area contributed by atoms with Gasteiger partial charge in [-0.05, 0) is 83.7 Å². The third-order valence-electron chi connectivity index (χ3n) is 4.63. The summed E-state index contributed by atoms with van der Waals surface area (Å²) in [6.45, 7) is 6.32. The van der Waals surface area contributed by atoms with E-state index in [1.807, 2.05) is 0 Å². The maximum absolute atomic E-state index is 4.02. The quantitative estimate of drug-likeness (QED) is 0.435. The van der Waals surface area contributed by atoms with Crippen LogP contribution in [0, 0.1) is 0 Å². The number of rotatable bonds is 0. The van der Waals surface area contributed by atoms with E-state index in [4.69, 9.17) is 0 Å². The minimum absolute atomic E-state index is 0.766. The van der Waals surface area contributed by atoms with Crippen molar-refractivity contribution in [2.24, 2.45) is 0 Å². The molecule has 1 unspecified atom stereocenters. The Morgan fingerprint density at radius 3 is 2.36 bits per heavy atom. The molecule has 22 heavy (non-hydrogen) atoms. The lowest BCUT2D eigenvalue weighted by molar-refractivity contribution is 0.747. The number of halogens is 2. The van der Waals surface area contributed by atoms with Crippen molar-refractivity contribution in [2.75, 3.05) is 0 Å². The summed E-state index contributed by atoms with van der Waals surface area (Å²) in [5, 5.41) is 0. The van der Waals surface area contributed by atoms with Gasteiger partial charge >= 0.3 is 0 Å². The van der Waals surface area contributed by atoms with Crippen molar-refractivity contribution in [3.05, 3.63) is 74.2 Å². The maximum Gasteiger partial charge on any atom is 0.0181 e. The summed E-state index contributed by atoms with van der Waals surface area (Å²) in [6, 6.07) is 13.1. The Labute approximate surface area is 149 Å². The molecule has 0 bridgehead atoms. The first-order valence-electron chi connectivity index (χ1n) is 7.79. The summed E-state index contributed by atoms with van der Waals surface area (Å²) in [7, 11) is 0. The molecular weight excluding hydrogens is 400 g/mol. The summed E-state index contributed by atoms with van der Waals surface area (Å²) in [6.07, 6.45) is 4.89. The first kappa shape index (κ1) is 16.0. The van der Waals surface area contributed by atoms with Crippen LogP contribution in [0.5, 0.6) is 0 Å². The summed E-state index contributed by atoms with van der Waals surface area (Å²) >= 11 is 6.94. The normalized spacial score (nSPS) is 18.5. The fraction of sp³-hybridized carbons (Fsp3) is 0.300. The van der Waals surface area contributed by atoms with Gasteiger partial charge < -0.3 is 0 Å². The van der Waals surface area contributed by atoms with E-state index in [1.165, 1.54) is 40.4 Å². The molecule has 0 spiro atoms. The fourth-order valence-electron chi connectivity index (χ4n) is 3.30. The van der Waals surface area contributed by atoms with Gasteiger partial charge in [-0.15, -0.1) is 0 Å². The van der Waals surface area contributed by atoms with E-state index in [-0.39, 0.29) is 0 Å². The van der Waals surface area contributed by atoms with Crippen molar-refractivity contribution in [1.29, 1.82) is 0 Å². The van der Waals surface area contributed by atoms with Crippen LogP contribution in [-0.4, -0.2) is 0 Å². The fourth-order valence-corrected chi connectivity index (χ4v) is 4.04. The SMILES string of the molecule is C=C1CCc2ccc(Br)cc21.CC1CCc2ccc(Br)cc21. The van der Waals surface area contributed by atoms with Gasteiger partial charge in [0.05, 0.1) is 0 Å². The van der Waals surface area contributed by atoms with Gasteiger partial charge in [0.2, 0.25) is 0 Å². The molecule has 0 N–H and O–H groups in total. The highest BCUT2D eigenvalue weighted by molar-refractivity contribution is 9.10. The summed E-state index contributed by atoms with van der Waals surface area (Å²) in [4.78, 5) is 0. The van der Waals surface area contributed by atoms with Crippen molar-refractivity contribution in [3.8, 4) is 0 Å². The van der Waals surface area contributed by atoms with Gasteiger partial charge in [-0.3, -0.25) is 0 Å². The van der Waals surface area contributed by atoms with Crippen LogP contribution in [0.15, 0.2) is 51.9 Å². The second kappa shape index (κ2) is 6.72. The van der Waals surface area contributed by atoms with Crippen molar-refractivity contribution < 1.29 is 0 Å². The van der Waals surface area contributed by atoms with Crippen LogP contribution in [-0.2, 0) is 12.8 Å². The van der Waals surface area contributed by atoms with Gasteiger partial charge in [0.1, 0.15) is 0 Å². The van der Waals surface area contributed by atoms with E-state index in [2.05, 4.69) is 81.8 Å². The van der Waals surface area contributed by atoms with E-state index >= 15 is 0 Å². The molecule has 4 rings (SSSR count). The van der Waals surface area contributed by atoms with Crippen LogP contribution in [0.3, 0.4) is 0 Å². The number of benzene rings is 2. The largest absolute Gasteiger partial charge is 0.0952 e. The zero-order chi connectivity index (χ0) is 15.7. The van der Waals surface area contributed by atoms with Gasteiger partial charge in [-0.2, -0.15) is 0 Å². The topological polar surface area (TPSA) is 0 Å².